The molecule has 0 bridgehead atoms. The molecule has 0 spiro atoms. The van der Waals surface area contributed by atoms with E-state index >= 15 is 0 Å². The lowest BCUT2D eigenvalue weighted by Crippen LogP contribution is -1.95. The van der Waals surface area contributed by atoms with Gasteiger partial charge in [-0.1, -0.05) is 28.5 Å². The minimum absolute atomic E-state index is 0.199. The highest BCUT2D eigenvalue weighted by Gasteiger charge is 2.17. The monoisotopic (exact) mass is 392 g/mol. The van der Waals surface area contributed by atoms with Crippen LogP contribution in [0, 0.1) is 20.2 Å². The number of benzene rings is 2. The normalized spacial score (nSPS) is 10.7. The van der Waals surface area contributed by atoms with Gasteiger partial charge in [0.1, 0.15) is 0 Å². The zero-order chi connectivity index (χ0) is 18.7. The predicted molar refractivity (Wildman–Crippen MR) is 94.1 cm³/mol. The van der Waals surface area contributed by atoms with Crippen LogP contribution in [0.25, 0.3) is 11.4 Å². The highest BCUT2D eigenvalue weighted by molar-refractivity contribution is 7.98. The van der Waals surface area contributed by atoms with Crippen molar-refractivity contribution in [1.82, 2.24) is 10.1 Å². The number of nitro groups is 2. The minimum atomic E-state index is -0.674. The molecule has 26 heavy (non-hydrogen) atoms. The number of aromatic nitrogens is 2. The van der Waals surface area contributed by atoms with E-state index < -0.39 is 9.85 Å². The average Bonchev–Trinajstić information content (AvgIpc) is 3.09. The van der Waals surface area contributed by atoms with Crippen molar-refractivity contribution >= 4 is 34.7 Å². The number of thioether (sulfide) groups is 1. The number of rotatable bonds is 6. The number of hydrogen-bond donors (Lipinski definition) is 0. The molecule has 0 aliphatic carbocycles. The Morgan fingerprint density at radius 3 is 2.23 bits per heavy atom. The second kappa shape index (κ2) is 7.50. The van der Waals surface area contributed by atoms with Gasteiger partial charge < -0.3 is 4.52 Å². The molecule has 0 saturated carbocycles. The number of nitrogens with zero attached hydrogens (tertiary/aromatic N) is 4. The maximum absolute atomic E-state index is 10.9. The first-order valence-corrected chi connectivity index (χ1v) is 8.44. The van der Waals surface area contributed by atoms with E-state index in [2.05, 4.69) is 10.1 Å². The van der Waals surface area contributed by atoms with Crippen molar-refractivity contribution in [2.24, 2.45) is 0 Å². The van der Waals surface area contributed by atoms with Gasteiger partial charge in [-0.2, -0.15) is 4.98 Å². The van der Waals surface area contributed by atoms with Crippen LogP contribution in [0.3, 0.4) is 0 Å². The summed E-state index contributed by atoms with van der Waals surface area (Å²) in [6.45, 7) is 0. The Morgan fingerprint density at radius 1 is 1.04 bits per heavy atom. The van der Waals surface area contributed by atoms with Crippen LogP contribution >= 0.6 is 23.4 Å². The number of non-ortho nitro benzene ring substituents is 2. The summed E-state index contributed by atoms with van der Waals surface area (Å²) < 4.78 is 5.13. The van der Waals surface area contributed by atoms with Crippen molar-refractivity contribution in [3.8, 4) is 11.4 Å². The van der Waals surface area contributed by atoms with Crippen LogP contribution < -0.4 is 0 Å². The molecular weight excluding hydrogens is 384 g/mol. The SMILES string of the molecule is O=[N+]([O-])c1cc(CSc2nc(-c3ccc(Cl)cc3)no2)cc([N+](=O)[O-])c1. The molecule has 9 nitrogen and oxygen atoms in total. The van der Waals surface area contributed by atoms with E-state index in [4.69, 9.17) is 16.1 Å². The van der Waals surface area contributed by atoms with Crippen LogP contribution in [0.1, 0.15) is 5.56 Å². The van der Waals surface area contributed by atoms with Crippen molar-refractivity contribution < 1.29 is 14.4 Å². The van der Waals surface area contributed by atoms with E-state index in [-0.39, 0.29) is 22.4 Å². The van der Waals surface area contributed by atoms with E-state index in [1.54, 1.807) is 24.3 Å². The average molecular weight is 393 g/mol. The molecule has 0 amide bonds. The van der Waals surface area contributed by atoms with Gasteiger partial charge >= 0.3 is 0 Å². The van der Waals surface area contributed by atoms with Gasteiger partial charge in [0.15, 0.2) is 0 Å². The largest absolute Gasteiger partial charge is 0.327 e. The lowest BCUT2D eigenvalue weighted by molar-refractivity contribution is -0.394. The summed E-state index contributed by atoms with van der Waals surface area (Å²) in [5, 5.41) is 26.5. The van der Waals surface area contributed by atoms with Crippen molar-refractivity contribution in [2.45, 2.75) is 11.0 Å². The fourth-order valence-electron chi connectivity index (χ4n) is 2.08. The maximum Gasteiger partial charge on any atom is 0.286 e. The molecule has 0 unspecified atom stereocenters. The lowest BCUT2D eigenvalue weighted by atomic mass is 10.2. The fourth-order valence-corrected chi connectivity index (χ4v) is 2.90. The third-order valence-corrected chi connectivity index (χ3v) is 4.40. The standard InChI is InChI=1S/C15H9ClN4O5S/c16-11-3-1-10(2-4-11)14-17-15(25-18-14)26-8-9-5-12(19(21)22)7-13(6-9)20(23)24/h1-7H,8H2. The second-order valence-electron chi connectivity index (χ2n) is 5.05. The first kappa shape index (κ1) is 17.8. The zero-order valence-electron chi connectivity index (χ0n) is 12.9. The quantitative estimate of drug-likeness (QED) is 0.341. The Kier molecular flexibility index (Phi) is 5.14. The molecule has 0 aliphatic heterocycles. The minimum Gasteiger partial charge on any atom is -0.327 e. The van der Waals surface area contributed by atoms with Gasteiger partial charge in [0.2, 0.25) is 5.82 Å². The Bertz CT molecular complexity index is 944. The summed E-state index contributed by atoms with van der Waals surface area (Å²) in [6.07, 6.45) is 0. The van der Waals surface area contributed by atoms with Crippen molar-refractivity contribution in [3.05, 3.63) is 73.3 Å². The number of hydrogen-bond acceptors (Lipinski definition) is 8. The van der Waals surface area contributed by atoms with Crippen LogP contribution in [-0.4, -0.2) is 20.0 Å². The molecule has 3 aromatic rings. The van der Waals surface area contributed by atoms with Gasteiger partial charge in [-0.15, -0.1) is 0 Å². The molecule has 2 aromatic carbocycles. The molecule has 0 atom stereocenters. The summed E-state index contributed by atoms with van der Waals surface area (Å²) in [6, 6.07) is 10.3. The third kappa shape index (κ3) is 4.16. The van der Waals surface area contributed by atoms with Crippen LogP contribution in [0.5, 0.6) is 0 Å². The van der Waals surface area contributed by atoms with E-state index in [9.17, 15) is 20.2 Å². The molecule has 0 saturated heterocycles. The molecule has 11 heteroatoms. The molecule has 0 radical (unpaired) electrons. The summed E-state index contributed by atoms with van der Waals surface area (Å²) in [7, 11) is 0. The Hall–Kier alpha value is -2.98. The molecular formula is C15H9ClN4O5S. The Morgan fingerprint density at radius 2 is 1.65 bits per heavy atom. The number of nitro benzene ring substituents is 2. The van der Waals surface area contributed by atoms with E-state index in [0.29, 0.717) is 16.4 Å². The molecule has 0 aliphatic rings. The van der Waals surface area contributed by atoms with Crippen molar-refractivity contribution in [1.29, 1.82) is 0 Å². The summed E-state index contributed by atoms with van der Waals surface area (Å²) >= 11 is 6.95. The molecule has 1 heterocycles. The number of halogens is 1. The molecule has 0 fully saturated rings. The van der Waals surface area contributed by atoms with Gasteiger partial charge in [0.25, 0.3) is 16.6 Å². The van der Waals surface area contributed by atoms with Crippen LogP contribution in [0.15, 0.2) is 52.2 Å². The van der Waals surface area contributed by atoms with Gasteiger partial charge in [-0.05, 0) is 29.8 Å². The van der Waals surface area contributed by atoms with Crippen molar-refractivity contribution in [3.63, 3.8) is 0 Å². The molecule has 132 valence electrons. The zero-order valence-corrected chi connectivity index (χ0v) is 14.4. The van der Waals surface area contributed by atoms with E-state index in [1.807, 2.05) is 0 Å². The van der Waals surface area contributed by atoms with Crippen LogP contribution in [-0.2, 0) is 5.75 Å². The fraction of sp³-hybridized carbons (Fsp3) is 0.0667. The summed E-state index contributed by atoms with van der Waals surface area (Å²) in [4.78, 5) is 24.7. The van der Waals surface area contributed by atoms with Gasteiger partial charge in [-0.3, -0.25) is 20.2 Å². The maximum atomic E-state index is 10.9. The Labute approximate surface area is 155 Å². The topological polar surface area (TPSA) is 125 Å². The molecule has 0 N–H and O–H groups in total. The van der Waals surface area contributed by atoms with Gasteiger partial charge in [0.05, 0.1) is 15.9 Å². The third-order valence-electron chi connectivity index (χ3n) is 3.26. The second-order valence-corrected chi connectivity index (χ2v) is 6.41. The van der Waals surface area contributed by atoms with Gasteiger partial charge in [0, 0.05) is 28.5 Å². The highest BCUT2D eigenvalue weighted by atomic mass is 35.5. The smallest absolute Gasteiger partial charge is 0.286 e. The van der Waals surface area contributed by atoms with Crippen molar-refractivity contribution in [2.75, 3.05) is 0 Å². The first-order chi connectivity index (χ1) is 12.4. The molecule has 1 aromatic heterocycles. The van der Waals surface area contributed by atoms with E-state index in [1.165, 1.54) is 12.1 Å². The lowest BCUT2D eigenvalue weighted by Gasteiger charge is -1.99. The Balaban J connectivity index is 1.76. The van der Waals surface area contributed by atoms with Crippen LogP contribution in [0.2, 0.25) is 5.02 Å². The summed E-state index contributed by atoms with van der Waals surface area (Å²) in [5.74, 6) is 0.569. The summed E-state index contributed by atoms with van der Waals surface area (Å²) in [5.41, 5.74) is 0.433. The van der Waals surface area contributed by atoms with E-state index in [0.717, 1.165) is 23.4 Å². The predicted octanol–water partition coefficient (Wildman–Crippen LogP) is 4.50. The van der Waals surface area contributed by atoms with Crippen LogP contribution in [0.4, 0.5) is 11.4 Å². The highest BCUT2D eigenvalue weighted by Crippen LogP contribution is 2.29. The first-order valence-electron chi connectivity index (χ1n) is 7.07. The molecule has 3 rings (SSSR count). The van der Waals surface area contributed by atoms with Gasteiger partial charge in [-0.25, -0.2) is 0 Å².